The molecule has 3 aliphatic rings. The fourth-order valence-electron chi connectivity index (χ4n) is 6.44. The first-order valence-corrected chi connectivity index (χ1v) is 16.4. The summed E-state index contributed by atoms with van der Waals surface area (Å²) in [5.74, 6) is 1.48. The van der Waals surface area contributed by atoms with Crippen molar-refractivity contribution in [3.05, 3.63) is 132 Å². The minimum Gasteiger partial charge on any atom is -0.378 e. The second-order valence-electron chi connectivity index (χ2n) is 12.0. The third-order valence-corrected chi connectivity index (χ3v) is 9.03. The van der Waals surface area contributed by atoms with E-state index < -0.39 is 0 Å². The zero-order valence-corrected chi connectivity index (χ0v) is 26.3. The van der Waals surface area contributed by atoms with Crippen LogP contribution in [0.5, 0.6) is 0 Å². The fraction of sp³-hybridized carbons (Fsp3) is 0.200. The molecule has 3 aliphatic heterocycles. The number of amidine groups is 1. The molecular formula is C40H37N5O2. The van der Waals surface area contributed by atoms with Crippen LogP contribution in [0.1, 0.15) is 11.1 Å². The smallest absolute Gasteiger partial charge is 0.162 e. The average Bonchev–Trinajstić information content (AvgIpc) is 3.78. The number of rotatable bonds is 7. The number of ether oxygens (including phenoxy) is 2. The van der Waals surface area contributed by atoms with E-state index in [9.17, 15) is 0 Å². The molecule has 0 spiro atoms. The molecule has 0 bridgehead atoms. The lowest BCUT2D eigenvalue weighted by Gasteiger charge is -2.28. The van der Waals surface area contributed by atoms with Crippen molar-refractivity contribution < 1.29 is 9.47 Å². The molecule has 5 aromatic rings. The molecule has 0 atom stereocenters. The van der Waals surface area contributed by atoms with Crippen LogP contribution in [0.25, 0.3) is 28.0 Å². The number of aliphatic imine (C=N–C) groups is 2. The number of H-pyrrole nitrogens is 1. The van der Waals surface area contributed by atoms with Crippen LogP contribution >= 0.6 is 0 Å². The summed E-state index contributed by atoms with van der Waals surface area (Å²) in [5, 5.41) is 0. The van der Waals surface area contributed by atoms with Crippen molar-refractivity contribution in [1.29, 1.82) is 0 Å². The molecule has 1 aromatic heterocycles. The largest absolute Gasteiger partial charge is 0.378 e. The fourth-order valence-corrected chi connectivity index (χ4v) is 6.44. The maximum Gasteiger partial charge on any atom is 0.162 e. The summed E-state index contributed by atoms with van der Waals surface area (Å²) in [6, 6.07) is 40.5. The van der Waals surface area contributed by atoms with Crippen molar-refractivity contribution >= 4 is 34.3 Å². The van der Waals surface area contributed by atoms with E-state index in [1.165, 1.54) is 11.4 Å². The van der Waals surface area contributed by atoms with Crippen molar-refractivity contribution in [3.63, 3.8) is 0 Å². The summed E-state index contributed by atoms with van der Waals surface area (Å²) in [5.41, 5.74) is 10.8. The van der Waals surface area contributed by atoms with E-state index in [2.05, 4.69) is 124 Å². The van der Waals surface area contributed by atoms with Gasteiger partial charge in [0, 0.05) is 59.9 Å². The number of anilines is 2. The van der Waals surface area contributed by atoms with Crippen LogP contribution < -0.4 is 9.80 Å². The molecule has 0 radical (unpaired) electrons. The van der Waals surface area contributed by atoms with Crippen LogP contribution in [0, 0.1) is 0 Å². The van der Waals surface area contributed by atoms with Gasteiger partial charge >= 0.3 is 0 Å². The van der Waals surface area contributed by atoms with Crippen LogP contribution in [0.15, 0.2) is 131 Å². The highest BCUT2D eigenvalue weighted by Crippen LogP contribution is 2.37. The van der Waals surface area contributed by atoms with E-state index in [-0.39, 0.29) is 0 Å². The number of hydrogen-bond donors (Lipinski definition) is 1. The Morgan fingerprint density at radius 1 is 0.574 bits per heavy atom. The van der Waals surface area contributed by atoms with Gasteiger partial charge in [0.25, 0.3) is 0 Å². The molecule has 4 heterocycles. The Bertz CT molecular complexity index is 1910. The molecule has 0 unspecified atom stereocenters. The summed E-state index contributed by atoms with van der Waals surface area (Å²) in [6.45, 7) is 6.73. The minimum absolute atomic E-state index is 0.691. The zero-order valence-electron chi connectivity index (χ0n) is 26.3. The summed E-state index contributed by atoms with van der Waals surface area (Å²) in [7, 11) is 0. The molecule has 8 rings (SSSR count). The molecular weight excluding hydrogens is 582 g/mol. The maximum absolute atomic E-state index is 5.54. The van der Waals surface area contributed by atoms with Gasteiger partial charge in [0.05, 0.1) is 32.1 Å². The Kier molecular flexibility index (Phi) is 8.22. The molecule has 2 saturated heterocycles. The number of nitrogens with zero attached hydrogens (tertiary/aromatic N) is 4. The number of aromatic amines is 1. The van der Waals surface area contributed by atoms with Gasteiger partial charge in [0.2, 0.25) is 0 Å². The maximum atomic E-state index is 5.54. The van der Waals surface area contributed by atoms with Crippen LogP contribution in [0.2, 0.25) is 0 Å². The van der Waals surface area contributed by atoms with Crippen molar-refractivity contribution in [2.45, 2.75) is 0 Å². The predicted molar refractivity (Wildman–Crippen MR) is 192 cm³/mol. The Labute approximate surface area is 275 Å². The molecule has 234 valence electrons. The first kappa shape index (κ1) is 29.2. The van der Waals surface area contributed by atoms with Crippen LogP contribution in [0.3, 0.4) is 0 Å². The third-order valence-electron chi connectivity index (χ3n) is 9.03. The highest BCUT2D eigenvalue weighted by molar-refractivity contribution is 6.38. The summed E-state index contributed by atoms with van der Waals surface area (Å²) < 4.78 is 11.1. The van der Waals surface area contributed by atoms with Crippen molar-refractivity contribution in [2.24, 2.45) is 9.98 Å². The lowest BCUT2D eigenvalue weighted by Crippen LogP contribution is -2.36. The van der Waals surface area contributed by atoms with E-state index in [0.29, 0.717) is 5.84 Å². The van der Waals surface area contributed by atoms with E-state index in [4.69, 9.17) is 19.5 Å². The minimum atomic E-state index is 0.691. The zero-order chi connectivity index (χ0) is 31.4. The van der Waals surface area contributed by atoms with Gasteiger partial charge in [-0.25, -0.2) is 9.98 Å². The molecule has 0 saturated carbocycles. The monoisotopic (exact) mass is 619 g/mol. The molecule has 0 aliphatic carbocycles. The number of morpholine rings is 2. The van der Waals surface area contributed by atoms with E-state index >= 15 is 0 Å². The van der Waals surface area contributed by atoms with Gasteiger partial charge in [-0.1, -0.05) is 84.9 Å². The first-order chi connectivity index (χ1) is 23.3. The second kappa shape index (κ2) is 13.2. The lowest BCUT2D eigenvalue weighted by atomic mass is 10.0. The van der Waals surface area contributed by atoms with Crippen molar-refractivity contribution in [2.75, 3.05) is 62.4 Å². The Balaban J connectivity index is 1.17. The number of hydrogen-bond acceptors (Lipinski definition) is 5. The molecule has 0 amide bonds. The molecule has 7 nitrogen and oxygen atoms in total. The van der Waals surface area contributed by atoms with Crippen molar-refractivity contribution in [1.82, 2.24) is 4.98 Å². The Hall–Kier alpha value is -5.24. The third kappa shape index (κ3) is 6.28. The normalized spacial score (nSPS) is 17.6. The number of aromatic nitrogens is 1. The lowest BCUT2D eigenvalue weighted by molar-refractivity contribution is 0.122. The van der Waals surface area contributed by atoms with Gasteiger partial charge in [0.1, 0.15) is 5.82 Å². The van der Waals surface area contributed by atoms with Gasteiger partial charge in [-0.2, -0.15) is 0 Å². The molecule has 2 fully saturated rings. The topological polar surface area (TPSA) is 65.5 Å². The highest BCUT2D eigenvalue weighted by Gasteiger charge is 2.22. The Morgan fingerprint density at radius 2 is 1.11 bits per heavy atom. The van der Waals surface area contributed by atoms with E-state index in [0.717, 1.165) is 103 Å². The van der Waals surface area contributed by atoms with E-state index in [1.54, 1.807) is 0 Å². The second-order valence-corrected chi connectivity index (χ2v) is 12.0. The molecule has 47 heavy (non-hydrogen) atoms. The predicted octanol–water partition coefficient (Wildman–Crippen LogP) is 7.64. The highest BCUT2D eigenvalue weighted by atomic mass is 16.5. The first-order valence-electron chi connectivity index (χ1n) is 16.4. The van der Waals surface area contributed by atoms with Gasteiger partial charge in [-0.05, 0) is 53.1 Å². The van der Waals surface area contributed by atoms with Crippen LogP contribution in [0.4, 0.5) is 17.2 Å². The van der Waals surface area contributed by atoms with E-state index in [1.807, 2.05) is 12.1 Å². The van der Waals surface area contributed by atoms with Gasteiger partial charge in [-0.15, -0.1) is 0 Å². The quantitative estimate of drug-likeness (QED) is 0.203. The summed E-state index contributed by atoms with van der Waals surface area (Å²) in [4.78, 5) is 18.8. The molecule has 4 aromatic carbocycles. The number of benzene rings is 4. The standard InChI is InChI=1S/C40H37N5O2/c1-3-7-29(8-4-1)35-27-37(31-11-15-33(16-12-31)44-19-23-46-24-20-44)41-39(35)43-40-36(30-9-5-2-6-10-30)28-38(42-40)32-13-17-34(18-14-32)45-21-25-47-26-22-45/h1-18,27-28,41H,19-26H2. The van der Waals surface area contributed by atoms with Gasteiger partial charge in [0.15, 0.2) is 5.84 Å². The molecule has 7 heteroatoms. The number of nitrogens with one attached hydrogen (secondary N) is 1. The van der Waals surface area contributed by atoms with Crippen LogP contribution in [-0.4, -0.2) is 69.1 Å². The van der Waals surface area contributed by atoms with Crippen molar-refractivity contribution in [3.8, 4) is 22.4 Å². The average molecular weight is 620 g/mol. The van der Waals surface area contributed by atoms with Crippen LogP contribution in [-0.2, 0) is 9.47 Å². The summed E-state index contributed by atoms with van der Waals surface area (Å²) in [6.07, 6.45) is 2.16. The number of allylic oxidation sites excluding steroid dienone is 1. The van der Waals surface area contributed by atoms with Gasteiger partial charge in [-0.3, -0.25) is 0 Å². The van der Waals surface area contributed by atoms with Gasteiger partial charge < -0.3 is 24.3 Å². The molecule has 1 N–H and O–H groups in total. The SMILES string of the molecule is C1=C(c2ccccc2)C(=Nc2[nH]c(-c3ccc(N4CCOCC4)cc3)cc2-c2ccccc2)N=C1c1ccc(N2CCOCC2)cc1. The Morgan fingerprint density at radius 3 is 1.68 bits per heavy atom. The summed E-state index contributed by atoms with van der Waals surface area (Å²) >= 11 is 0.